The van der Waals surface area contributed by atoms with Crippen LogP contribution in [0.25, 0.3) is 10.9 Å². The van der Waals surface area contributed by atoms with Gasteiger partial charge in [0.1, 0.15) is 11.5 Å². The number of para-hydroxylation sites is 1. The fourth-order valence-electron chi connectivity index (χ4n) is 2.64. The smallest absolute Gasteiger partial charge is 0.287 e. The predicted molar refractivity (Wildman–Crippen MR) is 93.7 cm³/mol. The summed E-state index contributed by atoms with van der Waals surface area (Å²) < 4.78 is 12.2. The van der Waals surface area contributed by atoms with Crippen LogP contribution in [0.1, 0.15) is 22.1 Å². The van der Waals surface area contributed by atoms with Gasteiger partial charge < -0.3 is 14.2 Å². The lowest BCUT2D eigenvalue weighted by Crippen LogP contribution is -2.22. The Morgan fingerprint density at radius 1 is 1.08 bits per heavy atom. The Kier molecular flexibility index (Phi) is 4.10. The van der Waals surface area contributed by atoms with Gasteiger partial charge in [-0.15, -0.1) is 0 Å². The minimum Gasteiger partial charge on any atom is -0.467 e. The predicted octanol–water partition coefficient (Wildman–Crippen LogP) is 2.56. The first-order valence-electron chi connectivity index (χ1n) is 8.04. The summed E-state index contributed by atoms with van der Waals surface area (Å²) in [7, 11) is 0. The molecule has 0 aliphatic carbocycles. The van der Waals surface area contributed by atoms with Gasteiger partial charge in [-0.25, -0.2) is 4.98 Å². The number of nitrogens with one attached hydrogen (secondary N) is 1. The normalized spacial score (nSPS) is 10.9. The molecule has 0 atom stereocenters. The van der Waals surface area contributed by atoms with Crippen molar-refractivity contribution in [1.82, 2.24) is 14.9 Å². The van der Waals surface area contributed by atoms with Gasteiger partial charge in [-0.2, -0.15) is 0 Å². The maximum atomic E-state index is 12.5. The molecule has 7 heteroatoms. The summed E-state index contributed by atoms with van der Waals surface area (Å²) >= 11 is 0. The molecule has 1 aromatic carbocycles. The van der Waals surface area contributed by atoms with Crippen molar-refractivity contribution in [2.24, 2.45) is 0 Å². The maximum Gasteiger partial charge on any atom is 0.287 e. The van der Waals surface area contributed by atoms with Gasteiger partial charge in [0.05, 0.1) is 36.6 Å². The van der Waals surface area contributed by atoms with Crippen molar-refractivity contribution in [2.75, 3.05) is 0 Å². The zero-order valence-electron chi connectivity index (χ0n) is 13.7. The van der Waals surface area contributed by atoms with Crippen molar-refractivity contribution in [3.8, 4) is 0 Å². The number of aromatic nitrogens is 2. The summed E-state index contributed by atoms with van der Waals surface area (Å²) in [4.78, 5) is 28.9. The molecule has 0 saturated carbocycles. The summed E-state index contributed by atoms with van der Waals surface area (Å²) in [6, 6.07) is 13.9. The number of carbonyl (C=O) groups excluding carboxylic acids is 1. The number of hydrogen-bond donors (Lipinski definition) is 1. The van der Waals surface area contributed by atoms with Crippen molar-refractivity contribution < 1.29 is 13.6 Å². The van der Waals surface area contributed by atoms with Crippen LogP contribution in [0.2, 0.25) is 0 Å². The zero-order chi connectivity index (χ0) is 17.9. The van der Waals surface area contributed by atoms with Crippen LogP contribution in [-0.2, 0) is 13.1 Å². The van der Waals surface area contributed by atoms with Gasteiger partial charge in [0, 0.05) is 0 Å². The molecule has 0 fully saturated rings. The first-order valence-corrected chi connectivity index (χ1v) is 8.04. The van der Waals surface area contributed by atoms with E-state index in [4.69, 9.17) is 8.83 Å². The van der Waals surface area contributed by atoms with E-state index >= 15 is 0 Å². The maximum absolute atomic E-state index is 12.5. The van der Waals surface area contributed by atoms with Crippen LogP contribution < -0.4 is 10.9 Å². The van der Waals surface area contributed by atoms with E-state index in [0.717, 1.165) is 0 Å². The van der Waals surface area contributed by atoms with Crippen LogP contribution in [0.3, 0.4) is 0 Å². The van der Waals surface area contributed by atoms with Crippen molar-refractivity contribution >= 4 is 16.8 Å². The molecule has 0 unspecified atom stereocenters. The van der Waals surface area contributed by atoms with Crippen LogP contribution in [0.4, 0.5) is 0 Å². The van der Waals surface area contributed by atoms with E-state index in [0.29, 0.717) is 22.4 Å². The van der Waals surface area contributed by atoms with Crippen LogP contribution >= 0.6 is 0 Å². The highest BCUT2D eigenvalue weighted by Gasteiger charge is 2.13. The Morgan fingerprint density at radius 3 is 2.81 bits per heavy atom. The quantitative estimate of drug-likeness (QED) is 0.598. The molecule has 26 heavy (non-hydrogen) atoms. The van der Waals surface area contributed by atoms with Gasteiger partial charge in [0.25, 0.3) is 11.5 Å². The minimum absolute atomic E-state index is 0.157. The lowest BCUT2D eigenvalue weighted by molar-refractivity contribution is 0.0918. The fourth-order valence-corrected chi connectivity index (χ4v) is 2.64. The molecule has 0 aliphatic heterocycles. The molecule has 0 spiro atoms. The van der Waals surface area contributed by atoms with E-state index in [1.54, 1.807) is 48.7 Å². The molecular formula is C19H15N3O4. The van der Waals surface area contributed by atoms with Gasteiger partial charge in [-0.1, -0.05) is 12.1 Å². The van der Waals surface area contributed by atoms with E-state index in [-0.39, 0.29) is 30.3 Å². The number of benzene rings is 1. The van der Waals surface area contributed by atoms with Gasteiger partial charge in [-0.3, -0.25) is 14.2 Å². The van der Waals surface area contributed by atoms with Gasteiger partial charge in [0.2, 0.25) is 0 Å². The molecule has 4 aromatic rings. The second-order valence-corrected chi connectivity index (χ2v) is 5.72. The van der Waals surface area contributed by atoms with Crippen LogP contribution in [0.15, 0.2) is 74.8 Å². The highest BCUT2D eigenvalue weighted by atomic mass is 16.4. The second-order valence-electron chi connectivity index (χ2n) is 5.72. The molecular weight excluding hydrogens is 334 g/mol. The SMILES string of the molecule is O=C(NCc1ccco1)c1ccc(Cn2cnc3ccccc3c2=O)o1. The molecule has 3 aromatic heterocycles. The summed E-state index contributed by atoms with van der Waals surface area (Å²) in [5, 5.41) is 3.25. The number of fused-ring (bicyclic) bond motifs is 1. The number of carbonyl (C=O) groups is 1. The van der Waals surface area contributed by atoms with Crippen molar-refractivity contribution in [3.63, 3.8) is 0 Å². The molecule has 0 radical (unpaired) electrons. The van der Waals surface area contributed by atoms with E-state index in [2.05, 4.69) is 10.3 Å². The molecule has 4 rings (SSSR count). The molecule has 0 bridgehead atoms. The zero-order valence-corrected chi connectivity index (χ0v) is 13.7. The van der Waals surface area contributed by atoms with E-state index < -0.39 is 0 Å². The van der Waals surface area contributed by atoms with Crippen molar-refractivity contribution in [3.05, 3.63) is 88.8 Å². The Bertz CT molecular complexity index is 1110. The fraction of sp³-hybridized carbons (Fsp3) is 0.105. The van der Waals surface area contributed by atoms with Crippen LogP contribution in [-0.4, -0.2) is 15.5 Å². The van der Waals surface area contributed by atoms with Gasteiger partial charge >= 0.3 is 0 Å². The molecule has 1 amide bonds. The van der Waals surface area contributed by atoms with E-state index in [9.17, 15) is 9.59 Å². The summed E-state index contributed by atoms with van der Waals surface area (Å²) in [6.07, 6.45) is 3.02. The summed E-state index contributed by atoms with van der Waals surface area (Å²) in [6.45, 7) is 0.470. The first-order chi connectivity index (χ1) is 12.7. The highest BCUT2D eigenvalue weighted by Crippen LogP contribution is 2.11. The number of amides is 1. The third-order valence-corrected chi connectivity index (χ3v) is 3.95. The Morgan fingerprint density at radius 2 is 1.96 bits per heavy atom. The van der Waals surface area contributed by atoms with E-state index in [1.165, 1.54) is 10.9 Å². The Balaban J connectivity index is 1.49. The average Bonchev–Trinajstić information content (AvgIpc) is 3.34. The summed E-state index contributed by atoms with van der Waals surface area (Å²) in [5.74, 6) is 0.969. The summed E-state index contributed by atoms with van der Waals surface area (Å²) in [5.41, 5.74) is 0.488. The lowest BCUT2D eigenvalue weighted by atomic mass is 10.2. The minimum atomic E-state index is -0.350. The van der Waals surface area contributed by atoms with Gasteiger partial charge in [-0.05, 0) is 36.4 Å². The number of furan rings is 2. The van der Waals surface area contributed by atoms with Gasteiger partial charge in [0.15, 0.2) is 5.76 Å². The molecule has 130 valence electrons. The monoisotopic (exact) mass is 349 g/mol. The van der Waals surface area contributed by atoms with Crippen LogP contribution in [0, 0.1) is 0 Å². The number of hydrogen-bond acceptors (Lipinski definition) is 5. The molecule has 7 nitrogen and oxygen atoms in total. The Labute approximate surface area is 147 Å². The molecule has 0 saturated heterocycles. The van der Waals surface area contributed by atoms with Crippen LogP contribution in [0.5, 0.6) is 0 Å². The highest BCUT2D eigenvalue weighted by molar-refractivity contribution is 5.91. The van der Waals surface area contributed by atoms with Crippen molar-refractivity contribution in [1.29, 1.82) is 0 Å². The van der Waals surface area contributed by atoms with E-state index in [1.807, 2.05) is 6.07 Å². The number of nitrogens with zero attached hydrogens (tertiary/aromatic N) is 2. The first kappa shape index (κ1) is 15.9. The number of rotatable bonds is 5. The topological polar surface area (TPSA) is 90.3 Å². The second kappa shape index (κ2) is 6.72. The Hall–Kier alpha value is -3.61. The lowest BCUT2D eigenvalue weighted by Gasteiger charge is -2.04. The van der Waals surface area contributed by atoms with Crippen molar-refractivity contribution in [2.45, 2.75) is 13.1 Å². The molecule has 0 aliphatic rings. The third kappa shape index (κ3) is 3.14. The third-order valence-electron chi connectivity index (χ3n) is 3.95. The largest absolute Gasteiger partial charge is 0.467 e. The average molecular weight is 349 g/mol. The molecule has 3 heterocycles. The standard InChI is InChI=1S/C19H15N3O4/c23-18(20-10-13-4-3-9-25-13)17-8-7-14(26-17)11-22-12-21-16-6-2-1-5-15(16)19(22)24/h1-9,12H,10-11H2,(H,20,23). The molecule has 1 N–H and O–H groups in total.